The van der Waals surface area contributed by atoms with Crippen LogP contribution in [-0.4, -0.2) is 24.2 Å². The molecule has 1 aromatic carbocycles. The number of ether oxygens (including phenoxy) is 1. The largest absolute Gasteiger partial charge is 0.367 e. The minimum absolute atomic E-state index is 0.147. The van der Waals surface area contributed by atoms with Gasteiger partial charge in [-0.2, -0.15) is 0 Å². The van der Waals surface area contributed by atoms with Crippen LogP contribution in [-0.2, 0) is 10.3 Å². The Hall–Kier alpha value is -1.62. The van der Waals surface area contributed by atoms with Gasteiger partial charge in [0.2, 0.25) is 0 Å². The molecule has 0 spiro atoms. The molecule has 3 saturated heterocycles. The predicted molar refractivity (Wildman–Crippen MR) is 87.6 cm³/mol. The van der Waals surface area contributed by atoms with Gasteiger partial charge in [0.1, 0.15) is 11.4 Å². The van der Waals surface area contributed by atoms with Gasteiger partial charge in [0, 0.05) is 24.5 Å². The maximum absolute atomic E-state index is 6.11. The Morgan fingerprint density at radius 3 is 2.68 bits per heavy atom. The molecular formula is C17H18ClN3O. The zero-order chi connectivity index (χ0) is 15.0. The van der Waals surface area contributed by atoms with E-state index in [1.54, 1.807) is 6.20 Å². The van der Waals surface area contributed by atoms with Crippen LogP contribution in [0.5, 0.6) is 0 Å². The zero-order valence-electron chi connectivity index (χ0n) is 12.2. The standard InChI is InChI=1S/C17H18ClN3O/c18-13-3-6-16(19-9-13)21-14-4-1-12(2-5-14)17-8-7-15(10-22-17)20-11-17/h1-6,9,15,20H,7-8,10-11H2,(H,19,21)/t15-,17-/m0/s1. The molecule has 2 bridgehead atoms. The molecule has 22 heavy (non-hydrogen) atoms. The SMILES string of the molecule is Clc1ccc(Nc2ccc([C@@]34CC[C@@H](CO3)NC4)cc2)nc1. The van der Waals surface area contributed by atoms with E-state index in [0.717, 1.165) is 31.1 Å². The van der Waals surface area contributed by atoms with Crippen molar-refractivity contribution in [3.05, 3.63) is 53.2 Å². The summed E-state index contributed by atoms with van der Waals surface area (Å²) in [6.45, 7) is 1.72. The van der Waals surface area contributed by atoms with Crippen molar-refractivity contribution in [2.24, 2.45) is 0 Å². The molecule has 0 unspecified atom stereocenters. The number of hydrogen-bond acceptors (Lipinski definition) is 4. The quantitative estimate of drug-likeness (QED) is 0.910. The van der Waals surface area contributed by atoms with Gasteiger partial charge in [-0.3, -0.25) is 0 Å². The molecule has 2 N–H and O–H groups in total. The molecule has 114 valence electrons. The molecule has 5 heteroatoms. The minimum atomic E-state index is -0.147. The smallest absolute Gasteiger partial charge is 0.130 e. The number of hydrogen-bond donors (Lipinski definition) is 2. The number of fused-ring (bicyclic) bond motifs is 3. The number of rotatable bonds is 3. The fourth-order valence-electron chi connectivity index (χ4n) is 3.22. The Morgan fingerprint density at radius 1 is 1.23 bits per heavy atom. The van der Waals surface area contributed by atoms with E-state index in [1.165, 1.54) is 12.0 Å². The van der Waals surface area contributed by atoms with E-state index in [2.05, 4.69) is 39.9 Å². The second-order valence-corrected chi connectivity index (χ2v) is 6.42. The van der Waals surface area contributed by atoms with Crippen LogP contribution in [0.3, 0.4) is 0 Å². The monoisotopic (exact) mass is 315 g/mol. The molecule has 0 amide bonds. The van der Waals surface area contributed by atoms with Crippen molar-refractivity contribution >= 4 is 23.1 Å². The Balaban J connectivity index is 1.52. The fraction of sp³-hybridized carbons (Fsp3) is 0.353. The van der Waals surface area contributed by atoms with Crippen LogP contribution in [0.2, 0.25) is 5.02 Å². The number of benzene rings is 1. The van der Waals surface area contributed by atoms with Gasteiger partial charge in [-0.05, 0) is 42.7 Å². The lowest BCUT2D eigenvalue weighted by atomic mass is 9.81. The highest BCUT2D eigenvalue weighted by atomic mass is 35.5. The molecule has 3 aliphatic heterocycles. The number of pyridine rings is 1. The lowest BCUT2D eigenvalue weighted by molar-refractivity contribution is -0.129. The summed E-state index contributed by atoms with van der Waals surface area (Å²) in [5, 5.41) is 7.47. The highest BCUT2D eigenvalue weighted by molar-refractivity contribution is 6.30. The number of morpholine rings is 1. The van der Waals surface area contributed by atoms with Crippen molar-refractivity contribution in [2.45, 2.75) is 24.5 Å². The van der Waals surface area contributed by atoms with E-state index in [4.69, 9.17) is 16.3 Å². The third-order valence-electron chi connectivity index (χ3n) is 4.54. The van der Waals surface area contributed by atoms with Crippen molar-refractivity contribution in [3.8, 4) is 0 Å². The molecule has 3 aliphatic rings. The number of piperidine rings is 1. The number of nitrogens with zero attached hydrogens (tertiary/aromatic N) is 1. The van der Waals surface area contributed by atoms with Crippen LogP contribution < -0.4 is 10.6 Å². The van der Waals surface area contributed by atoms with Crippen molar-refractivity contribution < 1.29 is 4.74 Å². The van der Waals surface area contributed by atoms with E-state index in [1.807, 2.05) is 12.1 Å². The van der Waals surface area contributed by atoms with Crippen LogP contribution in [0.15, 0.2) is 42.6 Å². The molecule has 5 rings (SSSR count). The summed E-state index contributed by atoms with van der Waals surface area (Å²) < 4.78 is 6.11. The Labute approximate surface area is 134 Å². The number of halogens is 1. The third-order valence-corrected chi connectivity index (χ3v) is 4.77. The molecule has 0 radical (unpaired) electrons. The normalized spacial score (nSPS) is 26.9. The van der Waals surface area contributed by atoms with Crippen LogP contribution in [0.4, 0.5) is 11.5 Å². The zero-order valence-corrected chi connectivity index (χ0v) is 12.9. The second kappa shape index (κ2) is 5.54. The van der Waals surface area contributed by atoms with E-state index in [-0.39, 0.29) is 5.60 Å². The number of nitrogens with one attached hydrogen (secondary N) is 2. The summed E-state index contributed by atoms with van der Waals surface area (Å²) in [5.74, 6) is 0.784. The van der Waals surface area contributed by atoms with Crippen LogP contribution in [0.1, 0.15) is 18.4 Å². The molecule has 4 heterocycles. The van der Waals surface area contributed by atoms with Crippen molar-refractivity contribution in [1.29, 1.82) is 0 Å². The maximum Gasteiger partial charge on any atom is 0.130 e. The van der Waals surface area contributed by atoms with Gasteiger partial charge in [-0.15, -0.1) is 0 Å². The first kappa shape index (κ1) is 14.0. The average molecular weight is 316 g/mol. The molecule has 4 nitrogen and oxygen atoms in total. The van der Waals surface area contributed by atoms with Crippen LogP contribution >= 0.6 is 11.6 Å². The predicted octanol–water partition coefficient (Wildman–Crippen LogP) is 3.46. The van der Waals surface area contributed by atoms with Crippen LogP contribution in [0, 0.1) is 0 Å². The highest BCUT2D eigenvalue weighted by Gasteiger charge is 2.42. The maximum atomic E-state index is 6.11. The molecule has 2 aromatic rings. The summed E-state index contributed by atoms with van der Waals surface area (Å²) >= 11 is 5.85. The van der Waals surface area contributed by atoms with Gasteiger partial charge >= 0.3 is 0 Å². The van der Waals surface area contributed by atoms with Gasteiger partial charge in [0.05, 0.1) is 11.6 Å². The Morgan fingerprint density at radius 2 is 2.09 bits per heavy atom. The molecule has 0 saturated carbocycles. The summed E-state index contributed by atoms with van der Waals surface area (Å²) in [5.41, 5.74) is 2.10. The highest BCUT2D eigenvalue weighted by Crippen LogP contribution is 2.38. The second-order valence-electron chi connectivity index (χ2n) is 5.99. The van der Waals surface area contributed by atoms with E-state index in [0.29, 0.717) is 11.1 Å². The summed E-state index contributed by atoms with van der Waals surface area (Å²) in [7, 11) is 0. The van der Waals surface area contributed by atoms with Gasteiger partial charge in [-0.1, -0.05) is 23.7 Å². The molecule has 1 aromatic heterocycles. The van der Waals surface area contributed by atoms with Crippen molar-refractivity contribution in [3.63, 3.8) is 0 Å². The van der Waals surface area contributed by atoms with Crippen LogP contribution in [0.25, 0.3) is 0 Å². The summed E-state index contributed by atoms with van der Waals surface area (Å²) in [4.78, 5) is 4.24. The first-order valence-corrected chi connectivity index (χ1v) is 7.98. The minimum Gasteiger partial charge on any atom is -0.367 e. The molecule has 0 aliphatic carbocycles. The van der Waals surface area contributed by atoms with E-state index < -0.39 is 0 Å². The average Bonchev–Trinajstić information content (AvgIpc) is 2.59. The first-order valence-electron chi connectivity index (χ1n) is 7.60. The first-order chi connectivity index (χ1) is 10.7. The summed E-state index contributed by atoms with van der Waals surface area (Å²) in [6, 6.07) is 12.7. The van der Waals surface area contributed by atoms with Gasteiger partial charge in [0.25, 0.3) is 0 Å². The molecular weight excluding hydrogens is 298 g/mol. The van der Waals surface area contributed by atoms with E-state index in [9.17, 15) is 0 Å². The van der Waals surface area contributed by atoms with Gasteiger partial charge in [0.15, 0.2) is 0 Å². The molecule has 2 atom stereocenters. The lowest BCUT2D eigenvalue weighted by Gasteiger charge is -2.47. The Kier molecular flexibility index (Phi) is 3.53. The summed E-state index contributed by atoms with van der Waals surface area (Å²) in [6.07, 6.45) is 3.92. The third kappa shape index (κ3) is 2.58. The molecule has 3 fully saturated rings. The number of anilines is 2. The van der Waals surface area contributed by atoms with Crippen molar-refractivity contribution in [2.75, 3.05) is 18.5 Å². The van der Waals surface area contributed by atoms with E-state index >= 15 is 0 Å². The van der Waals surface area contributed by atoms with Gasteiger partial charge in [-0.25, -0.2) is 4.98 Å². The topological polar surface area (TPSA) is 46.2 Å². The van der Waals surface area contributed by atoms with Crippen molar-refractivity contribution in [1.82, 2.24) is 10.3 Å². The number of aromatic nitrogens is 1. The fourth-order valence-corrected chi connectivity index (χ4v) is 3.33. The lowest BCUT2D eigenvalue weighted by Crippen LogP contribution is -2.57. The van der Waals surface area contributed by atoms with Gasteiger partial charge < -0.3 is 15.4 Å². The Bertz CT molecular complexity index is 635.